The number of ether oxygens (including phenoxy) is 1. The third-order valence-corrected chi connectivity index (χ3v) is 6.07. The van der Waals surface area contributed by atoms with E-state index in [9.17, 15) is 4.79 Å². The van der Waals surface area contributed by atoms with Crippen LogP contribution in [0.25, 0.3) is 6.08 Å². The topological polar surface area (TPSA) is 66.0 Å². The Morgan fingerprint density at radius 3 is 2.60 bits per heavy atom. The molecule has 0 unspecified atom stereocenters. The standard InChI is InChI=1S/C24H32N4O2/c29-24(26-22-9-5-2-6-10-22)27-25-18-21-12-11-20(17-19-7-3-1-4-8-19)23(21)28-13-15-30-16-14-28/h1,3-4,7-8,17-18,22H,2,5-6,9-16H2,(H2,26,27,29)/b20-17?,25-18-. The van der Waals surface area contributed by atoms with Gasteiger partial charge in [0.05, 0.1) is 19.4 Å². The fraction of sp³-hybridized carbons (Fsp3) is 0.500. The minimum atomic E-state index is -0.204. The number of hydrogen-bond acceptors (Lipinski definition) is 4. The summed E-state index contributed by atoms with van der Waals surface area (Å²) in [5, 5.41) is 7.32. The van der Waals surface area contributed by atoms with Crippen LogP contribution in [-0.2, 0) is 4.74 Å². The van der Waals surface area contributed by atoms with E-state index in [-0.39, 0.29) is 12.1 Å². The van der Waals surface area contributed by atoms with Gasteiger partial charge in [-0.1, -0.05) is 49.6 Å². The molecule has 1 saturated carbocycles. The van der Waals surface area contributed by atoms with Crippen molar-refractivity contribution in [1.29, 1.82) is 0 Å². The first-order valence-electron chi connectivity index (χ1n) is 11.2. The summed E-state index contributed by atoms with van der Waals surface area (Å²) < 4.78 is 5.55. The quantitative estimate of drug-likeness (QED) is 0.570. The van der Waals surface area contributed by atoms with Gasteiger partial charge in [-0.3, -0.25) is 0 Å². The SMILES string of the molecule is O=C(N/N=C\C1=C(N2CCOCC2)C(=Cc2ccccc2)CC1)NC1CCCCC1. The Balaban J connectivity index is 1.46. The maximum absolute atomic E-state index is 12.2. The Kier molecular flexibility index (Phi) is 7.19. The van der Waals surface area contributed by atoms with Crippen LogP contribution in [0.5, 0.6) is 0 Å². The predicted molar refractivity (Wildman–Crippen MR) is 120 cm³/mol. The van der Waals surface area contributed by atoms with Crippen molar-refractivity contribution in [2.75, 3.05) is 26.3 Å². The minimum absolute atomic E-state index is 0.204. The molecule has 4 rings (SSSR count). The molecule has 3 aliphatic rings. The number of amides is 2. The maximum atomic E-state index is 12.2. The van der Waals surface area contributed by atoms with Gasteiger partial charge < -0.3 is 15.0 Å². The highest BCUT2D eigenvalue weighted by atomic mass is 16.5. The number of benzene rings is 1. The number of morpholine rings is 1. The molecule has 0 bridgehead atoms. The van der Waals surface area contributed by atoms with Crippen LogP contribution in [-0.4, -0.2) is 49.5 Å². The van der Waals surface area contributed by atoms with E-state index in [4.69, 9.17) is 4.74 Å². The van der Waals surface area contributed by atoms with Crippen LogP contribution in [0.4, 0.5) is 4.79 Å². The van der Waals surface area contributed by atoms with Crippen LogP contribution in [0.3, 0.4) is 0 Å². The number of rotatable bonds is 5. The van der Waals surface area contributed by atoms with Crippen LogP contribution in [0, 0.1) is 0 Å². The van der Waals surface area contributed by atoms with E-state index in [1.807, 2.05) is 12.3 Å². The van der Waals surface area contributed by atoms with Gasteiger partial charge in [0.25, 0.3) is 0 Å². The molecule has 1 aliphatic heterocycles. The van der Waals surface area contributed by atoms with Gasteiger partial charge >= 0.3 is 6.03 Å². The average molecular weight is 409 g/mol. The summed E-state index contributed by atoms with van der Waals surface area (Å²) in [5.41, 5.74) is 7.64. The van der Waals surface area contributed by atoms with Crippen molar-refractivity contribution in [3.8, 4) is 0 Å². The Hall–Kier alpha value is -2.60. The monoisotopic (exact) mass is 408 g/mol. The van der Waals surface area contributed by atoms with Crippen LogP contribution in [0.1, 0.15) is 50.5 Å². The first-order valence-corrected chi connectivity index (χ1v) is 11.2. The number of hydrazone groups is 1. The second-order valence-electron chi connectivity index (χ2n) is 8.23. The summed E-state index contributed by atoms with van der Waals surface area (Å²) in [6.07, 6.45) is 11.8. The van der Waals surface area contributed by atoms with Crippen molar-refractivity contribution in [2.45, 2.75) is 51.0 Å². The van der Waals surface area contributed by atoms with E-state index in [0.717, 1.165) is 52.0 Å². The van der Waals surface area contributed by atoms with Crippen molar-refractivity contribution in [1.82, 2.24) is 15.6 Å². The molecule has 1 aromatic rings. The lowest BCUT2D eigenvalue weighted by atomic mass is 9.96. The zero-order chi connectivity index (χ0) is 20.6. The highest BCUT2D eigenvalue weighted by Crippen LogP contribution is 2.34. The third-order valence-electron chi connectivity index (χ3n) is 6.07. The largest absolute Gasteiger partial charge is 0.378 e. The molecule has 0 atom stereocenters. The zero-order valence-corrected chi connectivity index (χ0v) is 17.6. The van der Waals surface area contributed by atoms with Crippen molar-refractivity contribution in [2.24, 2.45) is 5.10 Å². The smallest absolute Gasteiger partial charge is 0.335 e. The molecule has 6 heteroatoms. The van der Waals surface area contributed by atoms with Gasteiger partial charge in [-0.15, -0.1) is 0 Å². The van der Waals surface area contributed by atoms with E-state index in [2.05, 4.69) is 51.1 Å². The molecule has 0 radical (unpaired) electrons. The van der Waals surface area contributed by atoms with Crippen molar-refractivity contribution < 1.29 is 9.53 Å². The molecule has 1 heterocycles. The summed E-state index contributed by atoms with van der Waals surface area (Å²) >= 11 is 0. The first-order chi connectivity index (χ1) is 14.8. The van der Waals surface area contributed by atoms with E-state index < -0.39 is 0 Å². The lowest BCUT2D eigenvalue weighted by Crippen LogP contribution is -2.41. The fourth-order valence-corrected chi connectivity index (χ4v) is 4.56. The summed E-state index contributed by atoms with van der Waals surface area (Å²) in [7, 11) is 0. The van der Waals surface area contributed by atoms with Crippen molar-refractivity contribution in [3.63, 3.8) is 0 Å². The minimum Gasteiger partial charge on any atom is -0.378 e. The number of allylic oxidation sites excluding steroid dienone is 2. The molecular weight excluding hydrogens is 376 g/mol. The molecule has 0 spiro atoms. The molecule has 30 heavy (non-hydrogen) atoms. The molecule has 1 aromatic carbocycles. The number of nitrogens with one attached hydrogen (secondary N) is 2. The van der Waals surface area contributed by atoms with Crippen LogP contribution >= 0.6 is 0 Å². The van der Waals surface area contributed by atoms with Gasteiger partial charge in [-0.05, 0) is 48.5 Å². The van der Waals surface area contributed by atoms with E-state index >= 15 is 0 Å². The normalized spacial score (nSPS) is 22.1. The third kappa shape index (κ3) is 5.51. The van der Waals surface area contributed by atoms with Crippen LogP contribution in [0.15, 0.2) is 52.3 Å². The average Bonchev–Trinajstić information content (AvgIpc) is 3.18. The molecule has 1 saturated heterocycles. The van der Waals surface area contributed by atoms with Crippen LogP contribution < -0.4 is 10.7 Å². The fourth-order valence-electron chi connectivity index (χ4n) is 4.56. The Bertz CT molecular complexity index is 804. The molecule has 2 aliphatic carbocycles. The maximum Gasteiger partial charge on any atom is 0.335 e. The lowest BCUT2D eigenvalue weighted by molar-refractivity contribution is 0.0548. The van der Waals surface area contributed by atoms with Gasteiger partial charge in [0.1, 0.15) is 0 Å². The first kappa shape index (κ1) is 20.7. The van der Waals surface area contributed by atoms with Gasteiger partial charge in [-0.25, -0.2) is 10.2 Å². The lowest BCUT2D eigenvalue weighted by Gasteiger charge is -2.31. The Morgan fingerprint density at radius 1 is 1.07 bits per heavy atom. The molecule has 2 amide bonds. The van der Waals surface area contributed by atoms with E-state index in [1.54, 1.807) is 0 Å². The highest BCUT2D eigenvalue weighted by Gasteiger charge is 2.25. The number of carbonyl (C=O) groups is 1. The van der Waals surface area contributed by atoms with Gasteiger partial charge in [0, 0.05) is 24.8 Å². The molecular formula is C24H32N4O2. The van der Waals surface area contributed by atoms with Gasteiger partial charge in [0.15, 0.2) is 0 Å². The number of urea groups is 1. The van der Waals surface area contributed by atoms with Gasteiger partial charge in [0.2, 0.25) is 0 Å². The Morgan fingerprint density at radius 2 is 1.83 bits per heavy atom. The second kappa shape index (κ2) is 10.4. The highest BCUT2D eigenvalue weighted by molar-refractivity contribution is 5.85. The zero-order valence-electron chi connectivity index (χ0n) is 17.6. The molecule has 6 nitrogen and oxygen atoms in total. The van der Waals surface area contributed by atoms with Crippen molar-refractivity contribution >= 4 is 18.3 Å². The predicted octanol–water partition coefficient (Wildman–Crippen LogP) is 4.07. The summed E-state index contributed by atoms with van der Waals surface area (Å²) in [6, 6.07) is 10.5. The molecule has 2 N–H and O–H groups in total. The number of hydrogen-bond donors (Lipinski definition) is 2. The molecule has 160 valence electrons. The molecule has 2 fully saturated rings. The summed E-state index contributed by atoms with van der Waals surface area (Å²) in [5.74, 6) is 0. The van der Waals surface area contributed by atoms with E-state index in [1.165, 1.54) is 41.7 Å². The summed E-state index contributed by atoms with van der Waals surface area (Å²) in [6.45, 7) is 3.26. The van der Waals surface area contributed by atoms with Crippen molar-refractivity contribution in [3.05, 3.63) is 52.7 Å². The Labute approximate surface area is 179 Å². The van der Waals surface area contributed by atoms with E-state index in [0.29, 0.717) is 0 Å². The summed E-state index contributed by atoms with van der Waals surface area (Å²) in [4.78, 5) is 14.6. The number of carbonyl (C=O) groups excluding carboxylic acids is 1. The number of nitrogens with zero attached hydrogens (tertiary/aromatic N) is 2. The molecule has 0 aromatic heterocycles. The second-order valence-corrected chi connectivity index (χ2v) is 8.23. The van der Waals surface area contributed by atoms with Crippen LogP contribution in [0.2, 0.25) is 0 Å². The van der Waals surface area contributed by atoms with Gasteiger partial charge in [-0.2, -0.15) is 5.10 Å².